The number of rotatable bonds is 4. The van der Waals surface area contributed by atoms with Gasteiger partial charge in [0.05, 0.1) is 26.2 Å². The number of ether oxygens (including phenoxy) is 2. The lowest BCUT2D eigenvalue weighted by Gasteiger charge is -2.17. The van der Waals surface area contributed by atoms with E-state index < -0.39 is 0 Å². The van der Waals surface area contributed by atoms with E-state index in [2.05, 4.69) is 10.6 Å². The maximum atomic E-state index is 12.2. The van der Waals surface area contributed by atoms with E-state index in [4.69, 9.17) is 9.47 Å². The van der Waals surface area contributed by atoms with Gasteiger partial charge in [-0.3, -0.25) is 4.79 Å². The molecule has 1 aliphatic heterocycles. The smallest absolute Gasteiger partial charge is 0.231 e. The van der Waals surface area contributed by atoms with E-state index in [1.807, 2.05) is 32.2 Å². The van der Waals surface area contributed by atoms with Gasteiger partial charge < -0.3 is 20.1 Å². The Hall–Kier alpha value is -1.59. The maximum absolute atomic E-state index is 12.2. The second kappa shape index (κ2) is 6.04. The van der Waals surface area contributed by atoms with Gasteiger partial charge >= 0.3 is 0 Å². The van der Waals surface area contributed by atoms with Crippen molar-refractivity contribution in [2.24, 2.45) is 5.92 Å². The minimum Gasteiger partial charge on any atom is -0.497 e. The highest BCUT2D eigenvalue weighted by atomic mass is 16.5. The molecule has 0 saturated carbocycles. The second-order valence-electron chi connectivity index (χ2n) is 4.71. The third-order valence-electron chi connectivity index (χ3n) is 3.48. The molecule has 1 aromatic carbocycles. The zero-order valence-electron chi connectivity index (χ0n) is 11.5. The van der Waals surface area contributed by atoms with E-state index in [1.165, 1.54) is 0 Å². The summed E-state index contributed by atoms with van der Waals surface area (Å²) >= 11 is 0. The van der Waals surface area contributed by atoms with Crippen molar-refractivity contribution in [1.29, 1.82) is 0 Å². The van der Waals surface area contributed by atoms with Crippen LogP contribution in [-0.2, 0) is 9.53 Å². The third kappa shape index (κ3) is 3.05. The van der Waals surface area contributed by atoms with Gasteiger partial charge in [-0.25, -0.2) is 0 Å². The number of aryl methyl sites for hydroxylation is 1. The van der Waals surface area contributed by atoms with Gasteiger partial charge in [0.1, 0.15) is 5.75 Å². The van der Waals surface area contributed by atoms with Gasteiger partial charge in [-0.1, -0.05) is 0 Å². The number of anilines is 1. The van der Waals surface area contributed by atoms with Gasteiger partial charge in [-0.2, -0.15) is 0 Å². The van der Waals surface area contributed by atoms with Crippen LogP contribution in [-0.4, -0.2) is 39.3 Å². The molecule has 5 heteroatoms. The fraction of sp³-hybridized carbons (Fsp3) is 0.500. The van der Waals surface area contributed by atoms with Crippen molar-refractivity contribution in [1.82, 2.24) is 5.32 Å². The van der Waals surface area contributed by atoms with E-state index in [-0.39, 0.29) is 17.9 Å². The Bertz CT molecular complexity index is 462. The molecule has 2 unspecified atom stereocenters. The standard InChI is InChI=1S/C14H20N2O3/c1-9-6-10(18-3)4-5-12(9)16-14(17)11-7-19-8-13(11)15-2/h4-6,11,13,15H,7-8H2,1-3H3,(H,16,17). The Morgan fingerprint density at radius 1 is 1.42 bits per heavy atom. The highest BCUT2D eigenvalue weighted by Crippen LogP contribution is 2.23. The number of methoxy groups -OCH3 is 1. The fourth-order valence-electron chi connectivity index (χ4n) is 2.23. The summed E-state index contributed by atoms with van der Waals surface area (Å²) in [6, 6.07) is 5.68. The van der Waals surface area contributed by atoms with Crippen LogP contribution >= 0.6 is 0 Å². The molecule has 1 aliphatic rings. The van der Waals surface area contributed by atoms with Crippen molar-refractivity contribution in [2.45, 2.75) is 13.0 Å². The number of amides is 1. The van der Waals surface area contributed by atoms with Crippen LogP contribution in [0.3, 0.4) is 0 Å². The summed E-state index contributed by atoms with van der Waals surface area (Å²) in [6.07, 6.45) is 0. The number of likely N-dealkylation sites (N-methyl/N-ethyl adjacent to an activating group) is 1. The van der Waals surface area contributed by atoms with Crippen molar-refractivity contribution < 1.29 is 14.3 Å². The minimum absolute atomic E-state index is 0.00915. The van der Waals surface area contributed by atoms with Crippen LogP contribution < -0.4 is 15.4 Å². The van der Waals surface area contributed by atoms with Gasteiger partial charge in [-0.15, -0.1) is 0 Å². The molecule has 0 radical (unpaired) electrons. The Kier molecular flexibility index (Phi) is 4.39. The average Bonchev–Trinajstić information content (AvgIpc) is 2.89. The zero-order chi connectivity index (χ0) is 13.8. The molecular weight excluding hydrogens is 244 g/mol. The van der Waals surface area contributed by atoms with Gasteiger partial charge in [-0.05, 0) is 37.7 Å². The first-order chi connectivity index (χ1) is 9.15. The summed E-state index contributed by atoms with van der Waals surface area (Å²) in [4.78, 5) is 12.2. The normalized spacial score (nSPS) is 22.3. The second-order valence-corrected chi connectivity index (χ2v) is 4.71. The van der Waals surface area contributed by atoms with E-state index in [9.17, 15) is 4.79 Å². The summed E-state index contributed by atoms with van der Waals surface area (Å²) in [5, 5.41) is 6.06. The minimum atomic E-state index is -0.147. The first kappa shape index (κ1) is 13.8. The van der Waals surface area contributed by atoms with Gasteiger partial charge in [0.15, 0.2) is 0 Å². The van der Waals surface area contributed by atoms with Crippen molar-refractivity contribution in [2.75, 3.05) is 32.7 Å². The van der Waals surface area contributed by atoms with E-state index >= 15 is 0 Å². The molecule has 0 spiro atoms. The Balaban J connectivity index is 2.06. The SMILES string of the molecule is CNC1COCC1C(=O)Nc1ccc(OC)cc1C. The highest BCUT2D eigenvalue weighted by molar-refractivity contribution is 5.94. The summed E-state index contributed by atoms with van der Waals surface area (Å²) in [5.74, 6) is 0.629. The Morgan fingerprint density at radius 3 is 2.84 bits per heavy atom. The average molecular weight is 264 g/mol. The highest BCUT2D eigenvalue weighted by Gasteiger charge is 2.33. The molecule has 1 heterocycles. The van der Waals surface area contributed by atoms with Gasteiger partial charge in [0, 0.05) is 11.7 Å². The number of benzene rings is 1. The molecule has 2 rings (SSSR count). The van der Waals surface area contributed by atoms with E-state index in [0.29, 0.717) is 13.2 Å². The summed E-state index contributed by atoms with van der Waals surface area (Å²) in [6.45, 7) is 2.99. The first-order valence-corrected chi connectivity index (χ1v) is 6.36. The topological polar surface area (TPSA) is 59.6 Å². The largest absolute Gasteiger partial charge is 0.497 e. The predicted molar refractivity (Wildman–Crippen MR) is 73.5 cm³/mol. The Labute approximate surface area is 113 Å². The molecule has 5 nitrogen and oxygen atoms in total. The molecule has 0 aromatic heterocycles. The van der Waals surface area contributed by atoms with E-state index in [1.54, 1.807) is 7.11 Å². The molecule has 0 aliphatic carbocycles. The zero-order valence-corrected chi connectivity index (χ0v) is 11.5. The van der Waals surface area contributed by atoms with Crippen LogP contribution in [0.2, 0.25) is 0 Å². The van der Waals surface area contributed by atoms with Crippen molar-refractivity contribution in [3.63, 3.8) is 0 Å². The molecule has 0 bridgehead atoms. The third-order valence-corrected chi connectivity index (χ3v) is 3.48. The van der Waals surface area contributed by atoms with Crippen LogP contribution in [0.25, 0.3) is 0 Å². The van der Waals surface area contributed by atoms with Gasteiger partial charge in [0.2, 0.25) is 5.91 Å². The number of hydrogen-bond acceptors (Lipinski definition) is 4. The van der Waals surface area contributed by atoms with Crippen LogP contribution in [0.1, 0.15) is 5.56 Å². The molecule has 104 valence electrons. The molecule has 2 atom stereocenters. The molecule has 2 N–H and O–H groups in total. The van der Waals surface area contributed by atoms with E-state index in [0.717, 1.165) is 17.0 Å². The Morgan fingerprint density at radius 2 is 2.21 bits per heavy atom. The quantitative estimate of drug-likeness (QED) is 0.857. The predicted octanol–water partition coefficient (Wildman–Crippen LogP) is 1.18. The summed E-state index contributed by atoms with van der Waals surface area (Å²) in [5.41, 5.74) is 1.79. The summed E-state index contributed by atoms with van der Waals surface area (Å²) in [7, 11) is 3.47. The maximum Gasteiger partial charge on any atom is 0.231 e. The number of hydrogen-bond donors (Lipinski definition) is 2. The molecule has 1 amide bonds. The first-order valence-electron chi connectivity index (χ1n) is 6.36. The molecular formula is C14H20N2O3. The van der Waals surface area contributed by atoms with Crippen molar-refractivity contribution in [3.05, 3.63) is 23.8 Å². The van der Waals surface area contributed by atoms with Crippen LogP contribution in [0.4, 0.5) is 5.69 Å². The van der Waals surface area contributed by atoms with Crippen molar-refractivity contribution in [3.8, 4) is 5.75 Å². The molecule has 1 fully saturated rings. The number of carbonyl (C=O) groups excluding carboxylic acids is 1. The molecule has 1 aromatic rings. The van der Waals surface area contributed by atoms with Crippen LogP contribution in [0, 0.1) is 12.8 Å². The monoisotopic (exact) mass is 264 g/mol. The molecule has 19 heavy (non-hydrogen) atoms. The lowest BCUT2D eigenvalue weighted by molar-refractivity contribution is -0.120. The lowest BCUT2D eigenvalue weighted by Crippen LogP contribution is -2.39. The molecule has 1 saturated heterocycles. The number of nitrogens with one attached hydrogen (secondary N) is 2. The lowest BCUT2D eigenvalue weighted by atomic mass is 10.0. The summed E-state index contributed by atoms with van der Waals surface area (Å²) < 4.78 is 10.5. The number of carbonyl (C=O) groups is 1. The van der Waals surface area contributed by atoms with Gasteiger partial charge in [0.25, 0.3) is 0 Å². The fourth-order valence-corrected chi connectivity index (χ4v) is 2.23. The van der Waals surface area contributed by atoms with Crippen molar-refractivity contribution >= 4 is 11.6 Å². The van der Waals surface area contributed by atoms with Crippen LogP contribution in [0.5, 0.6) is 5.75 Å². The van der Waals surface area contributed by atoms with Crippen LogP contribution in [0.15, 0.2) is 18.2 Å².